The molecule has 0 aromatic rings. The minimum absolute atomic E-state index is 0.00517. The van der Waals surface area contributed by atoms with E-state index >= 15 is 0 Å². The number of nitrogens with one attached hydrogen (secondary N) is 3. The zero-order valence-corrected chi connectivity index (χ0v) is 14.7. The highest BCUT2D eigenvalue weighted by atomic mass is 16.2. The lowest BCUT2D eigenvalue weighted by atomic mass is 10.0. The second-order valence-corrected chi connectivity index (χ2v) is 6.62. The molecule has 128 valence electrons. The van der Waals surface area contributed by atoms with Crippen LogP contribution in [0.1, 0.15) is 48.0 Å². The fourth-order valence-electron chi connectivity index (χ4n) is 1.75. The molecule has 0 saturated heterocycles. The molecule has 0 saturated carbocycles. The van der Waals surface area contributed by atoms with Crippen LogP contribution in [0, 0.1) is 11.8 Å². The highest BCUT2D eigenvalue weighted by Gasteiger charge is 2.22. The second kappa shape index (κ2) is 10.3. The van der Waals surface area contributed by atoms with Gasteiger partial charge in [0.25, 0.3) is 0 Å². The van der Waals surface area contributed by atoms with Crippen molar-refractivity contribution in [2.45, 2.75) is 60.0 Å². The number of Topliss-reactive ketones (excluding diaryl/α,β-unsaturated/α-hetero) is 1. The van der Waals surface area contributed by atoms with E-state index < -0.39 is 6.04 Å². The van der Waals surface area contributed by atoms with E-state index in [-0.39, 0.29) is 48.6 Å². The first-order valence-electron chi connectivity index (χ1n) is 7.96. The Morgan fingerprint density at radius 3 is 1.95 bits per heavy atom. The first kappa shape index (κ1) is 20.6. The molecule has 0 heterocycles. The molecule has 0 aliphatic heterocycles. The molecule has 0 aliphatic carbocycles. The number of ketones is 1. The summed E-state index contributed by atoms with van der Waals surface area (Å²) in [6.45, 7) is 11.6. The van der Waals surface area contributed by atoms with Gasteiger partial charge < -0.3 is 16.0 Å². The second-order valence-electron chi connectivity index (χ2n) is 6.62. The van der Waals surface area contributed by atoms with E-state index in [0.717, 1.165) is 0 Å². The van der Waals surface area contributed by atoms with Crippen LogP contribution in [0.25, 0.3) is 0 Å². The SMILES string of the molecule is CC(C)C[C@H](NC(=O)CNC(C)C)C(=O)NCC(=O)C(C)C. The van der Waals surface area contributed by atoms with Gasteiger partial charge >= 0.3 is 0 Å². The Morgan fingerprint density at radius 1 is 0.909 bits per heavy atom. The number of hydrogen-bond donors (Lipinski definition) is 3. The van der Waals surface area contributed by atoms with E-state index in [1.54, 1.807) is 13.8 Å². The molecule has 2 amide bonds. The molecule has 3 N–H and O–H groups in total. The Balaban J connectivity index is 4.52. The van der Waals surface area contributed by atoms with E-state index in [0.29, 0.717) is 6.42 Å². The van der Waals surface area contributed by atoms with Crippen LogP contribution in [0.5, 0.6) is 0 Å². The van der Waals surface area contributed by atoms with Gasteiger partial charge in [-0.15, -0.1) is 0 Å². The third-order valence-corrected chi connectivity index (χ3v) is 3.11. The molecule has 0 fully saturated rings. The van der Waals surface area contributed by atoms with Crippen LogP contribution >= 0.6 is 0 Å². The summed E-state index contributed by atoms with van der Waals surface area (Å²) in [6.07, 6.45) is 0.537. The molecule has 0 unspecified atom stereocenters. The zero-order chi connectivity index (χ0) is 17.3. The van der Waals surface area contributed by atoms with Crippen LogP contribution in [-0.4, -0.2) is 42.8 Å². The smallest absolute Gasteiger partial charge is 0.242 e. The van der Waals surface area contributed by atoms with E-state index in [1.807, 2.05) is 27.7 Å². The number of rotatable bonds is 10. The lowest BCUT2D eigenvalue weighted by molar-refractivity contribution is -0.130. The summed E-state index contributed by atoms with van der Waals surface area (Å²) in [5.74, 6) is -0.404. The van der Waals surface area contributed by atoms with Gasteiger partial charge in [-0.1, -0.05) is 41.5 Å². The summed E-state index contributed by atoms with van der Waals surface area (Å²) in [7, 11) is 0. The standard InChI is InChI=1S/C16H31N3O3/c1-10(2)7-13(19-15(21)9-17-12(5)6)16(22)18-8-14(20)11(3)4/h10-13,17H,7-9H2,1-6H3,(H,18,22)(H,19,21)/t13-/m0/s1. The predicted molar refractivity (Wildman–Crippen MR) is 87.4 cm³/mol. The van der Waals surface area contributed by atoms with Gasteiger partial charge in [0.1, 0.15) is 6.04 Å². The molecular weight excluding hydrogens is 282 g/mol. The average molecular weight is 313 g/mol. The van der Waals surface area contributed by atoms with Crippen LogP contribution in [-0.2, 0) is 14.4 Å². The molecule has 0 radical (unpaired) electrons. The van der Waals surface area contributed by atoms with E-state index in [2.05, 4.69) is 16.0 Å². The van der Waals surface area contributed by atoms with Crippen molar-refractivity contribution in [1.82, 2.24) is 16.0 Å². The van der Waals surface area contributed by atoms with Crippen LogP contribution in [0.2, 0.25) is 0 Å². The summed E-state index contributed by atoms with van der Waals surface area (Å²) in [6, 6.07) is -0.409. The Labute approximate surface area is 133 Å². The lowest BCUT2D eigenvalue weighted by Gasteiger charge is -2.20. The van der Waals surface area contributed by atoms with Gasteiger partial charge in [-0.05, 0) is 12.3 Å². The van der Waals surface area contributed by atoms with Crippen LogP contribution < -0.4 is 16.0 Å². The Kier molecular flexibility index (Phi) is 9.65. The van der Waals surface area contributed by atoms with Gasteiger partial charge in [-0.3, -0.25) is 14.4 Å². The zero-order valence-electron chi connectivity index (χ0n) is 14.7. The minimum Gasteiger partial charge on any atom is -0.347 e. The molecule has 22 heavy (non-hydrogen) atoms. The van der Waals surface area contributed by atoms with Crippen LogP contribution in [0.3, 0.4) is 0 Å². The van der Waals surface area contributed by atoms with Crippen molar-refractivity contribution in [1.29, 1.82) is 0 Å². The van der Waals surface area contributed by atoms with Gasteiger partial charge in [0.15, 0.2) is 5.78 Å². The van der Waals surface area contributed by atoms with Gasteiger partial charge in [0.2, 0.25) is 11.8 Å². The summed E-state index contributed by atoms with van der Waals surface area (Å²) in [4.78, 5) is 35.6. The largest absolute Gasteiger partial charge is 0.347 e. The number of amides is 2. The summed E-state index contributed by atoms with van der Waals surface area (Å²) >= 11 is 0. The molecule has 0 bridgehead atoms. The van der Waals surface area contributed by atoms with Crippen molar-refractivity contribution in [3.63, 3.8) is 0 Å². The maximum Gasteiger partial charge on any atom is 0.242 e. The Hall–Kier alpha value is -1.43. The fourth-order valence-corrected chi connectivity index (χ4v) is 1.75. The average Bonchev–Trinajstić information content (AvgIpc) is 2.40. The highest BCUT2D eigenvalue weighted by Crippen LogP contribution is 2.05. The molecule has 0 aromatic carbocycles. The molecule has 6 heteroatoms. The van der Waals surface area contributed by atoms with E-state index in [1.165, 1.54) is 0 Å². The maximum atomic E-state index is 12.2. The topological polar surface area (TPSA) is 87.3 Å². The summed E-state index contributed by atoms with van der Waals surface area (Å²) in [5, 5.41) is 8.36. The first-order valence-corrected chi connectivity index (χ1v) is 7.96. The normalized spacial score (nSPS) is 12.6. The first-order chi connectivity index (χ1) is 10.1. The maximum absolute atomic E-state index is 12.2. The quantitative estimate of drug-likeness (QED) is 0.558. The Morgan fingerprint density at radius 2 is 1.50 bits per heavy atom. The van der Waals surface area contributed by atoms with E-state index in [9.17, 15) is 14.4 Å². The van der Waals surface area contributed by atoms with Crippen LogP contribution in [0.15, 0.2) is 0 Å². The molecule has 1 atom stereocenters. The molecule has 0 aromatic heterocycles. The van der Waals surface area contributed by atoms with E-state index in [4.69, 9.17) is 0 Å². The minimum atomic E-state index is -0.610. The summed E-state index contributed by atoms with van der Waals surface area (Å²) in [5.41, 5.74) is 0. The van der Waals surface area contributed by atoms with Crippen molar-refractivity contribution < 1.29 is 14.4 Å². The van der Waals surface area contributed by atoms with Gasteiger partial charge in [0.05, 0.1) is 13.1 Å². The summed E-state index contributed by atoms with van der Waals surface area (Å²) < 4.78 is 0. The van der Waals surface area contributed by atoms with Gasteiger partial charge in [-0.2, -0.15) is 0 Å². The van der Waals surface area contributed by atoms with Crippen molar-refractivity contribution in [2.24, 2.45) is 11.8 Å². The third kappa shape index (κ3) is 9.50. The van der Waals surface area contributed by atoms with Crippen molar-refractivity contribution in [2.75, 3.05) is 13.1 Å². The van der Waals surface area contributed by atoms with Gasteiger partial charge in [0, 0.05) is 12.0 Å². The van der Waals surface area contributed by atoms with Crippen molar-refractivity contribution in [3.05, 3.63) is 0 Å². The van der Waals surface area contributed by atoms with Crippen LogP contribution in [0.4, 0.5) is 0 Å². The number of hydrogen-bond acceptors (Lipinski definition) is 4. The lowest BCUT2D eigenvalue weighted by Crippen LogP contribution is -2.51. The number of carbonyl (C=O) groups excluding carboxylic acids is 3. The molecule has 0 spiro atoms. The molecule has 6 nitrogen and oxygen atoms in total. The third-order valence-electron chi connectivity index (χ3n) is 3.11. The molecule has 0 rings (SSSR count). The van der Waals surface area contributed by atoms with Crippen molar-refractivity contribution >= 4 is 17.6 Å². The number of carbonyl (C=O) groups is 3. The molecule has 0 aliphatic rings. The van der Waals surface area contributed by atoms with Crippen molar-refractivity contribution in [3.8, 4) is 0 Å². The van der Waals surface area contributed by atoms with Gasteiger partial charge in [-0.25, -0.2) is 0 Å². The monoisotopic (exact) mass is 313 g/mol. The highest BCUT2D eigenvalue weighted by molar-refractivity contribution is 5.91. The Bertz CT molecular complexity index is 379. The predicted octanol–water partition coefficient (Wildman–Crippen LogP) is 0.857. The fraction of sp³-hybridized carbons (Fsp3) is 0.812. The molecular formula is C16H31N3O3.